The van der Waals surface area contributed by atoms with E-state index < -0.39 is 0 Å². The van der Waals surface area contributed by atoms with Gasteiger partial charge in [-0.05, 0) is 115 Å². The van der Waals surface area contributed by atoms with Crippen LogP contribution in [0.5, 0.6) is 11.5 Å². The quantitative estimate of drug-likeness (QED) is 0.0682. The molecule has 0 spiro atoms. The molecule has 47 heavy (non-hydrogen) atoms. The first kappa shape index (κ1) is 42.3. The summed E-state index contributed by atoms with van der Waals surface area (Å²) in [6.07, 6.45) is 28.5. The topological polar surface area (TPSA) is 40.5 Å². The molecular weight excluding hydrogens is 633 g/mol. The smallest absolute Gasteiger partial charge is 0.122 e. The largest absolute Gasteiger partial charge is 0.507 e. The number of hydrogen-bond donors (Lipinski definition) is 2. The summed E-state index contributed by atoms with van der Waals surface area (Å²) in [5.41, 5.74) is 4.34. The van der Waals surface area contributed by atoms with Gasteiger partial charge in [-0.25, -0.2) is 0 Å². The SMILES string of the molecule is CCCCCCCCCCCCc1cc(SSSc2cc(CCCCCCCCCCCC)c(O)c(C(C)C)c2)cc(C(C)C)c1O. The maximum absolute atomic E-state index is 11.1. The molecule has 0 saturated carbocycles. The van der Waals surface area contributed by atoms with E-state index in [-0.39, 0.29) is 0 Å². The summed E-state index contributed by atoms with van der Waals surface area (Å²) in [4.78, 5) is 2.44. The highest BCUT2D eigenvalue weighted by atomic mass is 33.5. The fraction of sp³-hybridized carbons (Fsp3) is 0.714. The van der Waals surface area contributed by atoms with E-state index in [2.05, 4.69) is 65.8 Å². The Labute approximate surface area is 302 Å². The van der Waals surface area contributed by atoms with E-state index in [4.69, 9.17) is 0 Å². The molecule has 2 aromatic carbocycles. The van der Waals surface area contributed by atoms with Crippen molar-refractivity contribution in [3.63, 3.8) is 0 Å². The Morgan fingerprint density at radius 2 is 0.745 bits per heavy atom. The fourth-order valence-electron chi connectivity index (χ4n) is 6.44. The van der Waals surface area contributed by atoms with Gasteiger partial charge in [0, 0.05) is 9.79 Å². The third kappa shape index (κ3) is 17.5. The first-order valence-electron chi connectivity index (χ1n) is 19.5. The Morgan fingerprint density at radius 1 is 0.447 bits per heavy atom. The molecule has 2 nitrogen and oxygen atoms in total. The zero-order chi connectivity index (χ0) is 34.3. The van der Waals surface area contributed by atoms with Gasteiger partial charge in [0.05, 0.1) is 0 Å². The number of phenols is 2. The summed E-state index contributed by atoms with van der Waals surface area (Å²) in [7, 11) is 5.37. The van der Waals surface area contributed by atoms with E-state index in [1.165, 1.54) is 125 Å². The molecule has 0 heterocycles. The number of hydrogen-bond acceptors (Lipinski definition) is 5. The van der Waals surface area contributed by atoms with Gasteiger partial charge in [0.25, 0.3) is 0 Å². The van der Waals surface area contributed by atoms with Gasteiger partial charge in [0.1, 0.15) is 11.5 Å². The van der Waals surface area contributed by atoms with Gasteiger partial charge in [-0.15, -0.1) is 0 Å². The van der Waals surface area contributed by atoms with Crippen molar-refractivity contribution in [2.75, 3.05) is 0 Å². The van der Waals surface area contributed by atoms with Crippen LogP contribution >= 0.6 is 31.4 Å². The molecule has 2 rings (SSSR count). The first-order valence-corrected chi connectivity index (χ1v) is 23.0. The predicted molar refractivity (Wildman–Crippen MR) is 215 cm³/mol. The molecule has 0 atom stereocenters. The van der Waals surface area contributed by atoms with Gasteiger partial charge >= 0.3 is 0 Å². The van der Waals surface area contributed by atoms with Crippen LogP contribution in [0, 0.1) is 0 Å². The number of unbranched alkanes of at least 4 members (excludes halogenated alkanes) is 18. The highest BCUT2D eigenvalue weighted by Crippen LogP contribution is 2.48. The third-order valence-corrected chi connectivity index (χ3v) is 13.3. The fourth-order valence-corrected chi connectivity index (χ4v) is 10.2. The van der Waals surface area contributed by atoms with Crippen LogP contribution in [0.3, 0.4) is 0 Å². The van der Waals surface area contributed by atoms with Gasteiger partial charge < -0.3 is 10.2 Å². The van der Waals surface area contributed by atoms with Crippen molar-refractivity contribution in [3.8, 4) is 11.5 Å². The summed E-state index contributed by atoms with van der Waals surface area (Å²) < 4.78 is 0. The minimum atomic E-state index is 0.290. The highest BCUT2D eigenvalue weighted by molar-refractivity contribution is 9.09. The average Bonchev–Trinajstić information content (AvgIpc) is 3.04. The molecule has 0 aliphatic carbocycles. The van der Waals surface area contributed by atoms with Crippen LogP contribution < -0.4 is 0 Å². The van der Waals surface area contributed by atoms with Gasteiger partial charge in [0.15, 0.2) is 0 Å². The van der Waals surface area contributed by atoms with Crippen molar-refractivity contribution >= 4 is 31.4 Å². The maximum atomic E-state index is 11.1. The lowest BCUT2D eigenvalue weighted by Gasteiger charge is -2.16. The van der Waals surface area contributed by atoms with Crippen LogP contribution in [-0.4, -0.2) is 10.2 Å². The Hall–Kier alpha value is -0.910. The number of benzene rings is 2. The summed E-state index contributed by atoms with van der Waals surface area (Å²) in [6.45, 7) is 13.3. The van der Waals surface area contributed by atoms with Crippen LogP contribution in [0.15, 0.2) is 34.1 Å². The molecule has 268 valence electrons. The molecule has 5 heteroatoms. The third-order valence-electron chi connectivity index (χ3n) is 9.49. The van der Waals surface area contributed by atoms with Gasteiger partial charge in [-0.2, -0.15) is 0 Å². The molecule has 0 fully saturated rings. The summed E-state index contributed by atoms with van der Waals surface area (Å²) in [5.74, 6) is 1.60. The van der Waals surface area contributed by atoms with Crippen molar-refractivity contribution in [2.45, 2.75) is 204 Å². The van der Waals surface area contributed by atoms with Crippen molar-refractivity contribution in [3.05, 3.63) is 46.5 Å². The van der Waals surface area contributed by atoms with Gasteiger partial charge in [-0.1, -0.05) is 157 Å². The van der Waals surface area contributed by atoms with E-state index in [0.717, 1.165) is 47.9 Å². The molecule has 0 radical (unpaired) electrons. The molecule has 2 N–H and O–H groups in total. The molecule has 0 aliphatic heterocycles. The lowest BCUT2D eigenvalue weighted by Crippen LogP contribution is -1.96. The minimum Gasteiger partial charge on any atom is -0.507 e. The second-order valence-electron chi connectivity index (χ2n) is 14.4. The maximum Gasteiger partial charge on any atom is 0.122 e. The van der Waals surface area contributed by atoms with Crippen LogP contribution in [-0.2, 0) is 12.8 Å². The number of aromatic hydroxyl groups is 2. The number of rotatable bonds is 28. The lowest BCUT2D eigenvalue weighted by atomic mass is 9.96. The van der Waals surface area contributed by atoms with E-state index in [1.807, 2.05) is 0 Å². The highest BCUT2D eigenvalue weighted by Gasteiger charge is 2.16. The molecule has 0 bridgehead atoms. The Bertz CT molecular complexity index is 1010. The second-order valence-corrected chi connectivity index (χ2v) is 18.5. The van der Waals surface area contributed by atoms with Crippen molar-refractivity contribution in [1.82, 2.24) is 0 Å². The van der Waals surface area contributed by atoms with E-state index in [9.17, 15) is 10.2 Å². The Morgan fingerprint density at radius 3 is 1.04 bits per heavy atom. The second kappa shape index (κ2) is 26.0. The zero-order valence-corrected chi connectivity index (χ0v) is 33.6. The summed E-state index contributed by atoms with van der Waals surface area (Å²) in [6, 6.07) is 8.82. The van der Waals surface area contributed by atoms with Crippen molar-refractivity contribution < 1.29 is 10.2 Å². The summed E-state index contributed by atoms with van der Waals surface area (Å²) in [5, 5.41) is 22.2. The van der Waals surface area contributed by atoms with Crippen LogP contribution in [0.25, 0.3) is 0 Å². The standard InChI is InChI=1S/C42H70O2S3/c1-7-9-11-13-15-17-19-21-23-25-27-35-29-37(31-39(33(3)4)41(35)43)45-47-46-38-30-36(42(44)40(32-38)34(5)6)28-26-24-22-20-18-16-14-12-10-8-2/h29-34,43-44H,7-28H2,1-6H3. The molecular formula is C42H70O2S3. The number of aryl methyl sites for hydroxylation is 2. The predicted octanol–water partition coefficient (Wildman–Crippen LogP) is 15.7. The van der Waals surface area contributed by atoms with Gasteiger partial charge in [-0.3, -0.25) is 0 Å². The van der Waals surface area contributed by atoms with E-state index in [0.29, 0.717) is 23.3 Å². The van der Waals surface area contributed by atoms with Crippen LogP contribution in [0.4, 0.5) is 0 Å². The minimum absolute atomic E-state index is 0.290. The molecule has 2 aromatic rings. The molecule has 0 aromatic heterocycles. The first-order chi connectivity index (χ1) is 22.8. The Kier molecular flexibility index (Phi) is 23.4. The van der Waals surface area contributed by atoms with Gasteiger partial charge in [0.2, 0.25) is 0 Å². The number of phenolic OH excluding ortho intramolecular Hbond substituents is 2. The van der Waals surface area contributed by atoms with E-state index >= 15 is 0 Å². The Balaban J connectivity index is 1.89. The van der Waals surface area contributed by atoms with Crippen LogP contribution in [0.2, 0.25) is 0 Å². The van der Waals surface area contributed by atoms with Crippen LogP contribution in [0.1, 0.15) is 204 Å². The average molecular weight is 703 g/mol. The molecule has 0 unspecified atom stereocenters. The zero-order valence-electron chi connectivity index (χ0n) is 31.1. The summed E-state index contributed by atoms with van der Waals surface area (Å²) >= 11 is 0. The molecule has 0 saturated heterocycles. The lowest BCUT2D eigenvalue weighted by molar-refractivity contribution is 0.454. The van der Waals surface area contributed by atoms with Crippen molar-refractivity contribution in [1.29, 1.82) is 0 Å². The monoisotopic (exact) mass is 702 g/mol. The molecule has 0 amide bonds. The molecule has 0 aliphatic rings. The van der Waals surface area contributed by atoms with E-state index in [1.54, 1.807) is 31.4 Å². The van der Waals surface area contributed by atoms with Crippen molar-refractivity contribution in [2.24, 2.45) is 0 Å². The normalized spacial score (nSPS) is 11.7.